The molecule has 7 nitrogen and oxygen atoms in total. The van der Waals surface area contributed by atoms with Crippen LogP contribution in [0.3, 0.4) is 0 Å². The van der Waals surface area contributed by atoms with Gasteiger partial charge in [-0.05, 0) is 61.9 Å². The molecule has 0 aliphatic rings. The van der Waals surface area contributed by atoms with Gasteiger partial charge in [-0.3, -0.25) is 9.52 Å². The normalized spacial score (nSPS) is 11.9. The number of benzene rings is 2. The molecule has 0 radical (unpaired) electrons. The van der Waals surface area contributed by atoms with Crippen molar-refractivity contribution in [1.82, 2.24) is 0 Å². The number of primary amides is 1. The van der Waals surface area contributed by atoms with E-state index in [1.807, 2.05) is 0 Å². The largest absolute Gasteiger partial charge is 0.386 e. The third-order valence-electron chi connectivity index (χ3n) is 4.44. The molecule has 0 atom stereocenters. The molecule has 0 unspecified atom stereocenters. The van der Waals surface area contributed by atoms with Crippen LogP contribution in [0.25, 0.3) is 10.4 Å². The van der Waals surface area contributed by atoms with Crippen LogP contribution in [0.2, 0.25) is 0 Å². The molecule has 11 heteroatoms. The average Bonchev–Trinajstić information content (AvgIpc) is 3.04. The summed E-state index contributed by atoms with van der Waals surface area (Å²) >= 11 is 0.926. The number of halogens is 2. The van der Waals surface area contributed by atoms with Gasteiger partial charge in [-0.15, -0.1) is 11.3 Å². The molecule has 0 saturated heterocycles. The minimum Gasteiger partial charge on any atom is -0.386 e. The maximum atomic E-state index is 14.7. The molecule has 1 aromatic heterocycles. The van der Waals surface area contributed by atoms with Crippen LogP contribution in [0.1, 0.15) is 29.8 Å². The van der Waals surface area contributed by atoms with E-state index in [0.717, 1.165) is 29.7 Å². The summed E-state index contributed by atoms with van der Waals surface area (Å²) in [5.41, 5.74) is 4.62. The van der Waals surface area contributed by atoms with Crippen molar-refractivity contribution in [2.45, 2.75) is 19.4 Å². The fraction of sp³-hybridized carbons (Fsp3) is 0.190. The molecule has 0 spiro atoms. The molecule has 3 aromatic rings. The fourth-order valence-corrected chi connectivity index (χ4v) is 4.61. The number of amides is 1. The van der Waals surface area contributed by atoms with Crippen molar-refractivity contribution in [3.05, 3.63) is 65.2 Å². The molecule has 32 heavy (non-hydrogen) atoms. The van der Waals surface area contributed by atoms with Gasteiger partial charge >= 0.3 is 0 Å². The highest BCUT2D eigenvalue weighted by Crippen LogP contribution is 2.40. The highest BCUT2D eigenvalue weighted by Gasteiger charge is 2.24. The van der Waals surface area contributed by atoms with Crippen molar-refractivity contribution in [3.8, 4) is 10.4 Å². The van der Waals surface area contributed by atoms with Crippen LogP contribution < -0.4 is 15.8 Å². The van der Waals surface area contributed by atoms with Gasteiger partial charge in [0.15, 0.2) is 0 Å². The van der Waals surface area contributed by atoms with E-state index in [4.69, 9.17) is 5.73 Å². The molecule has 2 aromatic carbocycles. The van der Waals surface area contributed by atoms with Crippen LogP contribution >= 0.6 is 11.3 Å². The lowest BCUT2D eigenvalue weighted by Gasteiger charge is -2.18. The molecule has 1 amide bonds. The van der Waals surface area contributed by atoms with Crippen molar-refractivity contribution >= 4 is 43.6 Å². The van der Waals surface area contributed by atoms with E-state index in [1.54, 1.807) is 12.1 Å². The SMILES string of the molecule is CC(C)(O)c1cc(F)c(-c2cc(C(N)=O)c(Nc3ccc(NS(C)(=O)=O)cc3)s2)c(F)c1. The van der Waals surface area contributed by atoms with E-state index in [2.05, 4.69) is 10.0 Å². The van der Waals surface area contributed by atoms with Gasteiger partial charge in [0.25, 0.3) is 5.91 Å². The third-order valence-corrected chi connectivity index (χ3v) is 6.11. The molecular formula is C21H21F2N3O4S2. The van der Waals surface area contributed by atoms with E-state index in [0.29, 0.717) is 11.4 Å². The zero-order valence-corrected chi connectivity index (χ0v) is 19.0. The molecule has 1 heterocycles. The summed E-state index contributed by atoms with van der Waals surface area (Å²) in [4.78, 5) is 12.0. The van der Waals surface area contributed by atoms with Gasteiger partial charge < -0.3 is 16.2 Å². The van der Waals surface area contributed by atoms with Crippen molar-refractivity contribution in [2.75, 3.05) is 16.3 Å². The molecule has 3 rings (SSSR count). The van der Waals surface area contributed by atoms with Gasteiger partial charge in [0.2, 0.25) is 10.0 Å². The van der Waals surface area contributed by atoms with Crippen molar-refractivity contribution < 1.29 is 27.1 Å². The number of hydrogen-bond donors (Lipinski definition) is 4. The van der Waals surface area contributed by atoms with Crippen LogP contribution in [0, 0.1) is 11.6 Å². The van der Waals surface area contributed by atoms with Gasteiger partial charge in [0, 0.05) is 16.3 Å². The van der Waals surface area contributed by atoms with Gasteiger partial charge in [-0.2, -0.15) is 0 Å². The lowest BCUT2D eigenvalue weighted by molar-refractivity contribution is 0.0778. The number of sulfonamides is 1. The number of carbonyl (C=O) groups is 1. The van der Waals surface area contributed by atoms with Crippen LogP contribution in [0.15, 0.2) is 42.5 Å². The van der Waals surface area contributed by atoms with Gasteiger partial charge in [0.1, 0.15) is 16.6 Å². The average molecular weight is 482 g/mol. The van der Waals surface area contributed by atoms with E-state index < -0.39 is 33.2 Å². The Morgan fingerprint density at radius 1 is 1.06 bits per heavy atom. The summed E-state index contributed by atoms with van der Waals surface area (Å²) in [5, 5.41) is 13.3. The summed E-state index contributed by atoms with van der Waals surface area (Å²) < 4.78 is 54.4. The highest BCUT2D eigenvalue weighted by molar-refractivity contribution is 7.92. The quantitative estimate of drug-likeness (QED) is 0.404. The molecule has 0 bridgehead atoms. The predicted octanol–water partition coefficient (Wildman–Crippen LogP) is 4.13. The first kappa shape index (κ1) is 23.6. The van der Waals surface area contributed by atoms with Gasteiger partial charge in [0.05, 0.1) is 23.0 Å². The fourth-order valence-electron chi connectivity index (χ4n) is 2.92. The Hall–Kier alpha value is -3.02. The van der Waals surface area contributed by atoms with E-state index >= 15 is 0 Å². The Morgan fingerprint density at radius 2 is 1.59 bits per heavy atom. The Kier molecular flexibility index (Phi) is 6.27. The molecule has 0 aliphatic carbocycles. The van der Waals surface area contributed by atoms with Crippen molar-refractivity contribution in [2.24, 2.45) is 5.73 Å². The number of rotatable bonds is 7. The lowest BCUT2D eigenvalue weighted by Crippen LogP contribution is -2.16. The Bertz CT molecular complexity index is 1260. The Labute approximate surface area is 187 Å². The standard InChI is InChI=1S/C21H21F2N3O4S2/c1-21(2,28)11-8-15(22)18(16(23)9-11)17-10-14(19(24)27)20(31-17)25-12-4-6-13(7-5-12)26-32(3,29)30/h4-10,25-26,28H,1-3H3,(H2,24,27). The van der Waals surface area contributed by atoms with Crippen LogP contribution in [0.5, 0.6) is 0 Å². The molecule has 170 valence electrons. The second-order valence-corrected chi connectivity index (χ2v) is 10.5. The molecule has 0 aliphatic heterocycles. The number of aliphatic hydroxyl groups is 1. The Morgan fingerprint density at radius 3 is 2.06 bits per heavy atom. The smallest absolute Gasteiger partial charge is 0.251 e. The maximum absolute atomic E-state index is 14.7. The number of anilines is 3. The zero-order valence-electron chi connectivity index (χ0n) is 17.4. The first-order valence-electron chi connectivity index (χ1n) is 9.25. The molecule has 0 saturated carbocycles. The number of carbonyl (C=O) groups excluding carboxylic acids is 1. The monoisotopic (exact) mass is 481 g/mol. The zero-order chi connectivity index (χ0) is 23.8. The molecule has 5 N–H and O–H groups in total. The van der Waals surface area contributed by atoms with E-state index in [-0.39, 0.29) is 26.6 Å². The second kappa shape index (κ2) is 8.49. The highest BCUT2D eigenvalue weighted by atomic mass is 32.2. The summed E-state index contributed by atoms with van der Waals surface area (Å²) in [5.74, 6) is -2.57. The summed E-state index contributed by atoms with van der Waals surface area (Å²) in [6.45, 7) is 2.83. The van der Waals surface area contributed by atoms with Crippen LogP contribution in [0.4, 0.5) is 25.2 Å². The van der Waals surface area contributed by atoms with Gasteiger partial charge in [-0.1, -0.05) is 0 Å². The number of hydrogen-bond acceptors (Lipinski definition) is 6. The topological polar surface area (TPSA) is 122 Å². The number of thiophene rings is 1. The minimum absolute atomic E-state index is 0.0358. The summed E-state index contributed by atoms with van der Waals surface area (Å²) in [6.07, 6.45) is 1.03. The number of nitrogens with two attached hydrogens (primary N) is 1. The molecular weight excluding hydrogens is 460 g/mol. The molecule has 0 fully saturated rings. The van der Waals surface area contributed by atoms with Crippen LogP contribution in [-0.2, 0) is 15.6 Å². The lowest BCUT2D eigenvalue weighted by atomic mass is 9.96. The Balaban J connectivity index is 1.97. The second-order valence-electron chi connectivity index (χ2n) is 7.67. The first-order valence-corrected chi connectivity index (χ1v) is 12.0. The van der Waals surface area contributed by atoms with Crippen LogP contribution in [-0.4, -0.2) is 25.7 Å². The third kappa shape index (κ3) is 5.42. The summed E-state index contributed by atoms with van der Waals surface area (Å²) in [7, 11) is -3.43. The predicted molar refractivity (Wildman–Crippen MR) is 122 cm³/mol. The maximum Gasteiger partial charge on any atom is 0.251 e. The van der Waals surface area contributed by atoms with Crippen molar-refractivity contribution in [3.63, 3.8) is 0 Å². The minimum atomic E-state index is -3.43. The first-order chi connectivity index (χ1) is 14.7. The number of nitrogens with one attached hydrogen (secondary N) is 2. The van der Waals surface area contributed by atoms with E-state index in [9.17, 15) is 27.1 Å². The van der Waals surface area contributed by atoms with E-state index in [1.165, 1.54) is 32.0 Å². The summed E-state index contributed by atoms with van der Waals surface area (Å²) in [6, 6.07) is 9.53. The van der Waals surface area contributed by atoms with Gasteiger partial charge in [-0.25, -0.2) is 17.2 Å². The van der Waals surface area contributed by atoms with Crippen molar-refractivity contribution in [1.29, 1.82) is 0 Å².